The number of carbonyl (C=O) groups excluding carboxylic acids is 2. The van der Waals surface area contributed by atoms with Gasteiger partial charge in [-0.25, -0.2) is 9.59 Å². The molecule has 316 valence electrons. The number of benzene rings is 4. The summed E-state index contributed by atoms with van der Waals surface area (Å²) in [7, 11) is -1.45. The highest BCUT2D eigenvalue weighted by Crippen LogP contribution is 2.48. The van der Waals surface area contributed by atoms with Crippen LogP contribution in [0.15, 0.2) is 109 Å². The second-order valence-corrected chi connectivity index (χ2v) is 18.8. The van der Waals surface area contributed by atoms with E-state index in [9.17, 15) is 39.0 Å². The molecule has 2 amide bonds. The number of carboxylic acid groups (broad SMARTS) is 4. The molecule has 0 saturated carbocycles. The van der Waals surface area contributed by atoms with Gasteiger partial charge in [-0.15, -0.1) is 0 Å². The fourth-order valence-corrected chi connectivity index (χ4v) is 11.8. The Labute approximate surface area is 351 Å². The van der Waals surface area contributed by atoms with Crippen molar-refractivity contribution in [3.63, 3.8) is 0 Å². The summed E-state index contributed by atoms with van der Waals surface area (Å²) < 4.78 is 0. The molecule has 14 nitrogen and oxygen atoms in total. The Morgan fingerprint density at radius 3 is 1.12 bits per heavy atom. The number of amides is 2. The first-order valence-corrected chi connectivity index (χ1v) is 23.0. The van der Waals surface area contributed by atoms with Gasteiger partial charge in [-0.3, -0.25) is 19.2 Å². The first-order chi connectivity index (χ1) is 28.8. The normalized spacial score (nSPS) is 16.4. The second kappa shape index (κ2) is 22.5. The first kappa shape index (κ1) is 45.2. The average Bonchev–Trinajstić information content (AvgIpc) is 3.23. The van der Waals surface area contributed by atoms with Gasteiger partial charge in [0.15, 0.2) is 0 Å². The molecule has 0 spiro atoms. The molecular formula is C44H50N4O10P2. The smallest absolute Gasteiger partial charge is 0.326 e. The molecule has 0 unspecified atom stereocenters. The molecule has 1 aliphatic heterocycles. The van der Waals surface area contributed by atoms with E-state index in [4.69, 9.17) is 10.2 Å². The average molecular weight is 857 g/mol. The van der Waals surface area contributed by atoms with Crippen molar-refractivity contribution < 1.29 is 49.2 Å². The van der Waals surface area contributed by atoms with Gasteiger partial charge in [-0.05, 0) is 87.5 Å². The van der Waals surface area contributed by atoms with E-state index in [1.807, 2.05) is 36.4 Å². The number of carboxylic acids is 4. The van der Waals surface area contributed by atoms with E-state index in [1.165, 1.54) is 10.6 Å². The molecule has 5 rings (SSSR count). The maximum atomic E-state index is 12.6. The van der Waals surface area contributed by atoms with Crippen molar-refractivity contribution >= 4 is 73.5 Å². The van der Waals surface area contributed by atoms with Crippen molar-refractivity contribution in [2.75, 3.05) is 34.9 Å². The molecule has 4 aromatic rings. The summed E-state index contributed by atoms with van der Waals surface area (Å²) >= 11 is 0. The predicted octanol–water partition coefficient (Wildman–Crippen LogP) is 5.19. The van der Waals surface area contributed by atoms with Crippen LogP contribution in [0.3, 0.4) is 0 Å². The molecule has 1 heterocycles. The zero-order valence-corrected chi connectivity index (χ0v) is 34.8. The third kappa shape index (κ3) is 14.2. The van der Waals surface area contributed by atoms with Gasteiger partial charge in [0.2, 0.25) is 11.8 Å². The minimum Gasteiger partial charge on any atom is -0.481 e. The van der Waals surface area contributed by atoms with Gasteiger partial charge in [0.05, 0.1) is 0 Å². The van der Waals surface area contributed by atoms with Crippen LogP contribution in [0.25, 0.3) is 0 Å². The van der Waals surface area contributed by atoms with E-state index in [0.717, 1.165) is 47.6 Å². The molecule has 1 aliphatic rings. The van der Waals surface area contributed by atoms with Crippen molar-refractivity contribution in [1.29, 1.82) is 0 Å². The van der Waals surface area contributed by atoms with E-state index < -0.39 is 63.6 Å². The Hall–Kier alpha value is -5.84. The molecular weight excluding hydrogens is 806 g/mol. The summed E-state index contributed by atoms with van der Waals surface area (Å²) in [6, 6.07) is 34.8. The van der Waals surface area contributed by atoms with Gasteiger partial charge in [0.25, 0.3) is 0 Å². The lowest BCUT2D eigenvalue weighted by Crippen LogP contribution is -2.41. The lowest BCUT2D eigenvalue weighted by Gasteiger charge is -2.41. The van der Waals surface area contributed by atoms with Crippen LogP contribution in [0.4, 0.5) is 11.4 Å². The summed E-state index contributed by atoms with van der Waals surface area (Å²) in [5, 5.41) is 44.1. The summed E-state index contributed by atoms with van der Waals surface area (Å²) in [6.45, 7) is 0. The fourth-order valence-electron chi connectivity index (χ4n) is 6.78. The first-order valence-electron chi connectivity index (χ1n) is 19.6. The molecule has 4 aromatic carbocycles. The Kier molecular flexibility index (Phi) is 17.0. The topological polar surface area (TPSA) is 214 Å². The predicted molar refractivity (Wildman–Crippen MR) is 233 cm³/mol. The zero-order valence-electron chi connectivity index (χ0n) is 33.1. The van der Waals surface area contributed by atoms with E-state index >= 15 is 0 Å². The highest BCUT2D eigenvalue weighted by molar-refractivity contribution is 7.67. The SMILES string of the molecule is O=C(O)CC[C@H](NC(=O)CCc1ccc(N2CP(c3ccccc3)CN(c3ccc(CCC(=O)N[C@@H](CCC(=O)O)C(=O)O)cc3)CP(c3ccccc3)C2)cc1)C(=O)O. The third-order valence-electron chi connectivity index (χ3n) is 10.1. The number of aryl methyl sites for hydroxylation is 2. The van der Waals surface area contributed by atoms with Crippen LogP contribution in [-0.2, 0) is 41.6 Å². The molecule has 0 aliphatic carbocycles. The fraction of sp³-hybridized carbons (Fsp3) is 0.318. The van der Waals surface area contributed by atoms with E-state index in [2.05, 4.69) is 93.2 Å². The number of carbonyl (C=O) groups is 6. The molecule has 60 heavy (non-hydrogen) atoms. The molecule has 0 radical (unpaired) electrons. The largest absolute Gasteiger partial charge is 0.481 e. The molecule has 1 saturated heterocycles. The number of nitrogens with zero attached hydrogens (tertiary/aromatic N) is 2. The molecule has 1 fully saturated rings. The summed E-state index contributed by atoms with van der Waals surface area (Å²) in [5.41, 5.74) is 3.97. The number of hydrogen-bond acceptors (Lipinski definition) is 8. The number of rotatable bonds is 20. The monoisotopic (exact) mass is 856 g/mol. The highest BCUT2D eigenvalue weighted by atomic mass is 31.1. The van der Waals surface area contributed by atoms with Gasteiger partial charge in [0, 0.05) is 62.2 Å². The van der Waals surface area contributed by atoms with Crippen molar-refractivity contribution in [2.45, 2.75) is 63.5 Å². The molecule has 0 bridgehead atoms. The van der Waals surface area contributed by atoms with Crippen LogP contribution in [0.1, 0.15) is 49.7 Å². The van der Waals surface area contributed by atoms with Crippen LogP contribution in [0.2, 0.25) is 0 Å². The van der Waals surface area contributed by atoms with E-state index in [1.54, 1.807) is 0 Å². The molecule has 2 atom stereocenters. The third-order valence-corrected chi connectivity index (χ3v) is 14.8. The van der Waals surface area contributed by atoms with Crippen LogP contribution >= 0.6 is 15.8 Å². The number of hydrogen-bond donors (Lipinski definition) is 6. The maximum absolute atomic E-state index is 12.6. The van der Waals surface area contributed by atoms with Gasteiger partial charge in [0.1, 0.15) is 12.1 Å². The van der Waals surface area contributed by atoms with Crippen LogP contribution in [-0.4, -0.2) is 93.3 Å². The second-order valence-electron chi connectivity index (χ2n) is 14.5. The van der Waals surface area contributed by atoms with Crippen LogP contribution in [0, 0.1) is 0 Å². The van der Waals surface area contributed by atoms with Gasteiger partial charge in [-0.2, -0.15) is 0 Å². The minimum absolute atomic E-state index is 0.0636. The summed E-state index contributed by atoms with van der Waals surface area (Å²) in [4.78, 5) is 75.1. The Balaban J connectivity index is 1.30. The Morgan fingerprint density at radius 2 is 0.817 bits per heavy atom. The van der Waals surface area contributed by atoms with Crippen molar-refractivity contribution in [3.8, 4) is 0 Å². The number of anilines is 2. The highest BCUT2D eigenvalue weighted by Gasteiger charge is 2.29. The van der Waals surface area contributed by atoms with E-state index in [0.29, 0.717) is 12.8 Å². The Bertz CT molecular complexity index is 1910. The molecule has 6 N–H and O–H groups in total. The Morgan fingerprint density at radius 1 is 0.483 bits per heavy atom. The van der Waals surface area contributed by atoms with Gasteiger partial charge >= 0.3 is 23.9 Å². The minimum atomic E-state index is -1.27. The lowest BCUT2D eigenvalue weighted by molar-refractivity contribution is -0.144. The standard InChI is InChI=1S/C44H50N4O10P2/c49-39(45-37(43(55)56)21-25-41(51)52)23-15-31-11-17-33(18-12-31)47-27-59(35-7-3-1-4-8-35)28-48(30-60(29-47)36-9-5-2-6-10-36)34-19-13-32(14-20-34)16-24-40(50)46-38(44(57)58)22-26-42(53)54/h1-14,17-20,37-38H,15-16,21-30H2,(H,45,49)(H,46,50)(H,51,52)(H,53,54)(H,55,56)(H,57,58)/t37-,38-,59?,60?/m0/s1. The summed E-state index contributed by atoms with van der Waals surface area (Å²) in [6.07, 6.45) is 3.01. The molecule has 16 heteroatoms. The van der Waals surface area contributed by atoms with Gasteiger partial charge in [-0.1, -0.05) is 84.9 Å². The van der Waals surface area contributed by atoms with Gasteiger partial charge < -0.3 is 40.9 Å². The van der Waals surface area contributed by atoms with Crippen molar-refractivity contribution in [3.05, 3.63) is 120 Å². The molecule has 0 aromatic heterocycles. The maximum Gasteiger partial charge on any atom is 0.326 e. The quantitative estimate of drug-likeness (QED) is 0.0634. The van der Waals surface area contributed by atoms with E-state index in [-0.39, 0.29) is 38.5 Å². The van der Waals surface area contributed by atoms with Crippen LogP contribution in [0.5, 0.6) is 0 Å². The lowest BCUT2D eigenvalue weighted by atomic mass is 10.1. The zero-order chi connectivity index (χ0) is 43.0. The van der Waals surface area contributed by atoms with Crippen molar-refractivity contribution in [2.24, 2.45) is 0 Å². The van der Waals surface area contributed by atoms with Crippen molar-refractivity contribution in [1.82, 2.24) is 10.6 Å². The number of aliphatic carboxylic acids is 4. The summed E-state index contributed by atoms with van der Waals surface area (Å²) in [5.74, 6) is -5.69. The van der Waals surface area contributed by atoms with Crippen LogP contribution < -0.4 is 31.0 Å². The number of nitrogens with one attached hydrogen (secondary N) is 2.